The molecule has 24 heavy (non-hydrogen) atoms. The van der Waals surface area contributed by atoms with Crippen LogP contribution < -0.4 is 5.56 Å². The molecule has 7 heteroatoms. The lowest BCUT2D eigenvalue weighted by atomic mass is 10.1. The molecule has 0 aliphatic rings. The van der Waals surface area contributed by atoms with Crippen LogP contribution in [0.15, 0.2) is 52.6 Å². The van der Waals surface area contributed by atoms with Crippen LogP contribution in [0.1, 0.15) is 5.69 Å². The van der Waals surface area contributed by atoms with Gasteiger partial charge in [-0.05, 0) is 23.6 Å². The summed E-state index contributed by atoms with van der Waals surface area (Å²) in [6.07, 6.45) is 0. The topological polar surface area (TPSA) is 50.2 Å². The van der Waals surface area contributed by atoms with Crippen LogP contribution in [0.3, 0.4) is 0 Å². The van der Waals surface area contributed by atoms with Crippen LogP contribution in [0.2, 0.25) is 5.02 Å². The van der Waals surface area contributed by atoms with E-state index in [1.54, 1.807) is 11.3 Å². The van der Waals surface area contributed by atoms with Gasteiger partial charge in [0, 0.05) is 27.2 Å². The first-order valence-corrected chi connectivity index (χ1v) is 8.97. The lowest BCUT2D eigenvalue weighted by Gasteiger charge is -2.02. The highest BCUT2D eigenvalue weighted by atomic mass is 35.5. The zero-order valence-corrected chi connectivity index (χ0v) is 14.6. The van der Waals surface area contributed by atoms with Crippen LogP contribution in [0.25, 0.3) is 27.3 Å². The molecule has 4 aromatic rings. The van der Waals surface area contributed by atoms with Crippen molar-refractivity contribution >= 4 is 40.2 Å². The summed E-state index contributed by atoms with van der Waals surface area (Å²) in [7, 11) is 0. The average molecular weight is 376 g/mol. The average Bonchev–Trinajstić information content (AvgIpc) is 3.22. The second-order valence-electron chi connectivity index (χ2n) is 5.23. The maximum Gasteiger partial charge on any atom is 0.274 e. The number of H-pyrrole nitrogens is 1. The van der Waals surface area contributed by atoms with Gasteiger partial charge in [-0.2, -0.15) is 9.61 Å². The van der Waals surface area contributed by atoms with Crippen molar-refractivity contribution in [3.05, 3.63) is 68.9 Å². The van der Waals surface area contributed by atoms with Crippen LogP contribution in [-0.4, -0.2) is 14.6 Å². The second-order valence-corrected chi connectivity index (χ2v) is 6.89. The first-order chi connectivity index (χ1) is 11.7. The number of hydrogen-bond acceptors (Lipinski definition) is 3. The summed E-state index contributed by atoms with van der Waals surface area (Å²) in [6.45, 7) is 0. The smallest absolute Gasteiger partial charge is 0.274 e. The third-order valence-electron chi connectivity index (χ3n) is 3.70. The summed E-state index contributed by atoms with van der Waals surface area (Å²) < 4.78 is 1.38. The van der Waals surface area contributed by atoms with Gasteiger partial charge >= 0.3 is 0 Å². The molecule has 0 aliphatic heterocycles. The predicted molar refractivity (Wildman–Crippen MR) is 99.1 cm³/mol. The molecule has 0 bridgehead atoms. The molecule has 0 saturated heterocycles. The highest BCUT2D eigenvalue weighted by Gasteiger charge is 2.19. The quantitative estimate of drug-likeness (QED) is 0.522. The van der Waals surface area contributed by atoms with E-state index < -0.39 is 0 Å². The molecule has 1 aromatic carbocycles. The molecule has 0 spiro atoms. The van der Waals surface area contributed by atoms with E-state index in [4.69, 9.17) is 23.2 Å². The Labute approximate surface area is 151 Å². The van der Waals surface area contributed by atoms with Crippen molar-refractivity contribution < 1.29 is 0 Å². The number of thiophene rings is 1. The standard InChI is InChI=1S/C17H11Cl2N3OS/c18-9-12-8-14(23)22-17(20-12)15(13-2-1-7-24-13)16(21-22)10-3-5-11(19)6-4-10/h1-8,20H,9H2. The summed E-state index contributed by atoms with van der Waals surface area (Å²) in [5.74, 6) is 0.233. The molecule has 120 valence electrons. The van der Waals surface area contributed by atoms with Crippen LogP contribution >= 0.6 is 34.5 Å². The molecule has 0 saturated carbocycles. The van der Waals surface area contributed by atoms with Gasteiger partial charge in [0.1, 0.15) is 11.3 Å². The Morgan fingerprint density at radius 1 is 1.21 bits per heavy atom. The maximum atomic E-state index is 12.4. The SMILES string of the molecule is O=c1cc(CCl)[nH]c2c(-c3cccs3)c(-c3ccc(Cl)cc3)nn12. The number of hydrogen-bond donors (Lipinski definition) is 1. The van der Waals surface area contributed by atoms with E-state index in [0.717, 1.165) is 21.7 Å². The van der Waals surface area contributed by atoms with Crippen molar-refractivity contribution in [1.82, 2.24) is 14.6 Å². The number of alkyl halides is 1. The molecular weight excluding hydrogens is 365 g/mol. The monoisotopic (exact) mass is 375 g/mol. The molecule has 0 aliphatic carbocycles. The maximum absolute atomic E-state index is 12.4. The van der Waals surface area contributed by atoms with Crippen LogP contribution in [0.5, 0.6) is 0 Å². The molecular formula is C17H11Cl2N3OS. The Balaban J connectivity index is 2.09. The zero-order chi connectivity index (χ0) is 16.7. The van der Waals surface area contributed by atoms with Crippen molar-refractivity contribution in [2.24, 2.45) is 0 Å². The minimum absolute atomic E-state index is 0.211. The van der Waals surface area contributed by atoms with E-state index in [1.807, 2.05) is 41.8 Å². The van der Waals surface area contributed by atoms with Crippen LogP contribution in [0, 0.1) is 0 Å². The van der Waals surface area contributed by atoms with E-state index in [1.165, 1.54) is 10.6 Å². The Kier molecular flexibility index (Phi) is 3.92. The summed E-state index contributed by atoms with van der Waals surface area (Å²) in [4.78, 5) is 16.6. The van der Waals surface area contributed by atoms with Gasteiger partial charge in [0.05, 0.1) is 11.4 Å². The Morgan fingerprint density at radius 2 is 2.00 bits per heavy atom. The first-order valence-electron chi connectivity index (χ1n) is 7.18. The van der Waals surface area contributed by atoms with Gasteiger partial charge in [-0.15, -0.1) is 22.9 Å². The Hall–Kier alpha value is -2.08. The largest absolute Gasteiger partial charge is 0.342 e. The summed E-state index contributed by atoms with van der Waals surface area (Å²) in [5.41, 5.74) is 3.61. The molecule has 4 nitrogen and oxygen atoms in total. The molecule has 0 radical (unpaired) electrons. The normalized spacial score (nSPS) is 11.2. The Bertz CT molecular complexity index is 1070. The van der Waals surface area contributed by atoms with E-state index in [2.05, 4.69) is 10.1 Å². The fraction of sp³-hybridized carbons (Fsp3) is 0.0588. The van der Waals surface area contributed by atoms with Gasteiger partial charge in [-0.1, -0.05) is 29.8 Å². The molecule has 1 N–H and O–H groups in total. The van der Waals surface area contributed by atoms with E-state index in [0.29, 0.717) is 16.4 Å². The van der Waals surface area contributed by atoms with E-state index in [-0.39, 0.29) is 11.4 Å². The summed E-state index contributed by atoms with van der Waals surface area (Å²) in [6, 6.07) is 12.9. The number of rotatable bonds is 3. The molecule has 0 atom stereocenters. The third kappa shape index (κ3) is 2.55. The van der Waals surface area contributed by atoms with Crippen molar-refractivity contribution in [3.8, 4) is 21.7 Å². The lowest BCUT2D eigenvalue weighted by Crippen LogP contribution is -2.15. The predicted octanol–water partition coefficient (Wildman–Crippen LogP) is 4.81. The van der Waals surface area contributed by atoms with Gasteiger partial charge in [-0.25, -0.2) is 0 Å². The van der Waals surface area contributed by atoms with E-state index >= 15 is 0 Å². The zero-order valence-electron chi connectivity index (χ0n) is 12.3. The number of nitrogens with one attached hydrogen (secondary N) is 1. The highest BCUT2D eigenvalue weighted by Crippen LogP contribution is 2.36. The van der Waals surface area contributed by atoms with Crippen LogP contribution in [0.4, 0.5) is 0 Å². The van der Waals surface area contributed by atoms with Gasteiger partial charge < -0.3 is 4.98 Å². The molecule has 0 unspecified atom stereocenters. The number of aromatic amines is 1. The molecule has 3 aromatic heterocycles. The van der Waals surface area contributed by atoms with Gasteiger partial charge in [0.25, 0.3) is 5.56 Å². The third-order valence-corrected chi connectivity index (χ3v) is 5.13. The number of fused-ring (bicyclic) bond motifs is 1. The molecule has 0 fully saturated rings. The first kappa shape index (κ1) is 15.4. The highest BCUT2D eigenvalue weighted by molar-refractivity contribution is 7.13. The molecule has 3 heterocycles. The van der Waals surface area contributed by atoms with Crippen molar-refractivity contribution in [2.45, 2.75) is 5.88 Å². The van der Waals surface area contributed by atoms with Crippen LogP contribution in [-0.2, 0) is 5.88 Å². The molecule has 4 rings (SSSR count). The lowest BCUT2D eigenvalue weighted by molar-refractivity contribution is 0.891. The summed E-state index contributed by atoms with van der Waals surface area (Å²) >= 11 is 13.5. The Morgan fingerprint density at radius 3 is 2.67 bits per heavy atom. The summed E-state index contributed by atoms with van der Waals surface area (Å²) in [5, 5.41) is 7.18. The second kappa shape index (κ2) is 6.09. The van der Waals surface area contributed by atoms with Gasteiger partial charge in [0.15, 0.2) is 0 Å². The fourth-order valence-electron chi connectivity index (χ4n) is 2.63. The minimum Gasteiger partial charge on any atom is -0.342 e. The number of aromatic nitrogens is 3. The van der Waals surface area contributed by atoms with E-state index in [9.17, 15) is 4.79 Å². The van der Waals surface area contributed by atoms with Crippen molar-refractivity contribution in [1.29, 1.82) is 0 Å². The minimum atomic E-state index is -0.211. The number of nitrogens with zero attached hydrogens (tertiary/aromatic N) is 2. The van der Waals surface area contributed by atoms with Crippen molar-refractivity contribution in [3.63, 3.8) is 0 Å². The number of benzene rings is 1. The molecule has 0 amide bonds. The van der Waals surface area contributed by atoms with Gasteiger partial charge in [-0.3, -0.25) is 4.79 Å². The van der Waals surface area contributed by atoms with Gasteiger partial charge in [0.2, 0.25) is 0 Å². The fourth-order valence-corrected chi connectivity index (χ4v) is 3.67. The van der Waals surface area contributed by atoms with Crippen molar-refractivity contribution in [2.75, 3.05) is 0 Å². The number of halogens is 2.